The Hall–Kier alpha value is -1.92. The molecule has 0 spiro atoms. The Morgan fingerprint density at radius 2 is 1.15 bits per heavy atom. The molecular weight excluding hydrogens is 432 g/mol. The summed E-state index contributed by atoms with van der Waals surface area (Å²) in [6, 6.07) is 10.9. The van der Waals surface area contributed by atoms with Crippen molar-refractivity contribution in [1.82, 2.24) is 0 Å². The van der Waals surface area contributed by atoms with Crippen LogP contribution in [-0.4, -0.2) is 50.6 Å². The van der Waals surface area contributed by atoms with Gasteiger partial charge in [-0.05, 0) is 37.2 Å². The molecule has 0 aliphatic carbocycles. The summed E-state index contributed by atoms with van der Waals surface area (Å²) in [6.45, 7) is 2.29. The number of benzene rings is 1. The summed E-state index contributed by atoms with van der Waals surface area (Å²) in [6.07, 6.45) is 13.7. The molecular formula is C28H42O6. The highest BCUT2D eigenvalue weighted by Gasteiger charge is 2.24. The van der Waals surface area contributed by atoms with Crippen molar-refractivity contribution in [3.8, 4) is 0 Å². The molecule has 0 N–H and O–H groups in total. The van der Waals surface area contributed by atoms with Crippen LogP contribution in [0.5, 0.6) is 0 Å². The third-order valence-electron chi connectivity index (χ3n) is 6.55. The van der Waals surface area contributed by atoms with Crippen LogP contribution in [0.2, 0.25) is 0 Å². The lowest BCUT2D eigenvalue weighted by Gasteiger charge is -2.17. The summed E-state index contributed by atoms with van der Waals surface area (Å²) < 4.78 is 20.5. The van der Waals surface area contributed by atoms with Gasteiger partial charge in [0.15, 0.2) is 0 Å². The lowest BCUT2D eigenvalue weighted by molar-refractivity contribution is -0.145. The van der Waals surface area contributed by atoms with Gasteiger partial charge in [-0.25, -0.2) is 0 Å². The second-order valence-electron chi connectivity index (χ2n) is 9.64. The number of hydrogen-bond donors (Lipinski definition) is 0. The van der Waals surface area contributed by atoms with Crippen molar-refractivity contribution < 1.29 is 28.5 Å². The van der Waals surface area contributed by atoms with Gasteiger partial charge in [0, 0.05) is 12.8 Å². The molecule has 3 rings (SSSR count). The van der Waals surface area contributed by atoms with Crippen molar-refractivity contribution in [1.29, 1.82) is 0 Å². The summed E-state index contributed by atoms with van der Waals surface area (Å²) in [7, 11) is 0. The first-order chi connectivity index (χ1) is 16.7. The molecule has 190 valence electrons. The second kappa shape index (κ2) is 15.9. The Morgan fingerprint density at radius 3 is 1.62 bits per heavy atom. The Labute approximate surface area is 204 Å². The average Bonchev–Trinajstić information content (AvgIpc) is 3.77. The van der Waals surface area contributed by atoms with Gasteiger partial charge in [0.1, 0.15) is 25.4 Å². The molecule has 6 heteroatoms. The minimum Gasteiger partial charge on any atom is -0.463 e. The fraction of sp³-hybridized carbons (Fsp3) is 0.714. The van der Waals surface area contributed by atoms with Crippen LogP contribution >= 0.6 is 0 Å². The zero-order valence-corrected chi connectivity index (χ0v) is 20.6. The van der Waals surface area contributed by atoms with E-state index in [4.69, 9.17) is 18.9 Å². The molecule has 0 aromatic heterocycles. The van der Waals surface area contributed by atoms with Gasteiger partial charge in [-0.1, -0.05) is 75.3 Å². The number of rotatable bonds is 20. The maximum absolute atomic E-state index is 11.7. The normalized spacial score (nSPS) is 19.4. The molecule has 2 aliphatic rings. The highest BCUT2D eigenvalue weighted by molar-refractivity contribution is 5.69. The number of ether oxygens (including phenoxy) is 4. The van der Waals surface area contributed by atoms with E-state index in [1.165, 1.54) is 44.1 Å². The van der Waals surface area contributed by atoms with Crippen LogP contribution in [0.4, 0.5) is 0 Å². The monoisotopic (exact) mass is 474 g/mol. The van der Waals surface area contributed by atoms with E-state index in [0.717, 1.165) is 45.3 Å². The molecule has 2 saturated heterocycles. The van der Waals surface area contributed by atoms with Gasteiger partial charge in [-0.15, -0.1) is 0 Å². The van der Waals surface area contributed by atoms with Crippen molar-refractivity contribution in [2.45, 2.75) is 102 Å². The first-order valence-electron chi connectivity index (χ1n) is 13.3. The minimum absolute atomic E-state index is 0.0932. The largest absolute Gasteiger partial charge is 0.463 e. The summed E-state index contributed by atoms with van der Waals surface area (Å²) in [5.41, 5.74) is 1.44. The van der Waals surface area contributed by atoms with E-state index in [1.54, 1.807) is 0 Å². The van der Waals surface area contributed by atoms with Crippen LogP contribution < -0.4 is 0 Å². The molecule has 0 radical (unpaired) electrons. The molecule has 6 nitrogen and oxygen atoms in total. The topological polar surface area (TPSA) is 77.7 Å². The number of carbonyl (C=O) groups is 2. The van der Waals surface area contributed by atoms with Gasteiger partial charge in [-0.3, -0.25) is 9.59 Å². The fourth-order valence-corrected chi connectivity index (χ4v) is 4.25. The molecule has 0 bridgehead atoms. The van der Waals surface area contributed by atoms with Gasteiger partial charge in [0.2, 0.25) is 0 Å². The van der Waals surface area contributed by atoms with Gasteiger partial charge >= 0.3 is 11.9 Å². The van der Waals surface area contributed by atoms with E-state index in [1.807, 2.05) is 0 Å². The summed E-state index contributed by atoms with van der Waals surface area (Å²) in [4.78, 5) is 23.4. The number of esters is 2. The average molecular weight is 475 g/mol. The molecule has 1 aromatic carbocycles. The Kier molecular flexibility index (Phi) is 12.5. The molecule has 2 aliphatic heterocycles. The summed E-state index contributed by atoms with van der Waals surface area (Å²) in [5.74, 6) is 0.413. The molecule has 1 aromatic rings. The quantitative estimate of drug-likeness (QED) is 0.137. The second-order valence-corrected chi connectivity index (χ2v) is 9.64. The molecule has 3 unspecified atom stereocenters. The molecule has 0 amide bonds. The smallest absolute Gasteiger partial charge is 0.305 e. The van der Waals surface area contributed by atoms with Crippen LogP contribution in [0.1, 0.15) is 95.0 Å². The van der Waals surface area contributed by atoms with Crippen LogP contribution in [0.25, 0.3) is 0 Å². The van der Waals surface area contributed by atoms with E-state index in [-0.39, 0.29) is 24.1 Å². The van der Waals surface area contributed by atoms with E-state index in [9.17, 15) is 9.59 Å². The van der Waals surface area contributed by atoms with Gasteiger partial charge in [0.05, 0.1) is 13.2 Å². The van der Waals surface area contributed by atoms with Crippen molar-refractivity contribution in [2.75, 3.05) is 26.4 Å². The minimum atomic E-state index is -0.0950. The zero-order chi connectivity index (χ0) is 23.8. The number of unbranched alkanes of at least 4 members (excludes halogenated alkanes) is 7. The van der Waals surface area contributed by atoms with Crippen LogP contribution in [0.15, 0.2) is 30.3 Å². The SMILES string of the molecule is O=C(CCCCCCCC(CCCCCCC(=O)OCC1CO1)c1ccccc1)OCC1CO1. The summed E-state index contributed by atoms with van der Waals surface area (Å²) >= 11 is 0. The lowest BCUT2D eigenvalue weighted by Crippen LogP contribution is -2.09. The first kappa shape index (κ1) is 26.7. The van der Waals surface area contributed by atoms with Crippen molar-refractivity contribution in [2.24, 2.45) is 0 Å². The Morgan fingerprint density at radius 1 is 0.706 bits per heavy atom. The Balaban J connectivity index is 1.20. The van der Waals surface area contributed by atoms with Crippen molar-refractivity contribution >= 4 is 11.9 Å². The number of carbonyl (C=O) groups excluding carboxylic acids is 2. The van der Waals surface area contributed by atoms with E-state index in [0.29, 0.717) is 32.0 Å². The highest BCUT2D eigenvalue weighted by atomic mass is 16.6. The third-order valence-corrected chi connectivity index (χ3v) is 6.55. The van der Waals surface area contributed by atoms with E-state index in [2.05, 4.69) is 30.3 Å². The third kappa shape index (κ3) is 12.5. The van der Waals surface area contributed by atoms with Gasteiger partial charge < -0.3 is 18.9 Å². The highest BCUT2D eigenvalue weighted by Crippen LogP contribution is 2.28. The summed E-state index contributed by atoms with van der Waals surface area (Å²) in [5, 5.41) is 0. The molecule has 34 heavy (non-hydrogen) atoms. The number of hydrogen-bond acceptors (Lipinski definition) is 6. The molecule has 2 heterocycles. The van der Waals surface area contributed by atoms with E-state index < -0.39 is 0 Å². The predicted octanol–water partition coefficient (Wildman–Crippen LogP) is 5.73. The van der Waals surface area contributed by atoms with Crippen LogP contribution in [0.3, 0.4) is 0 Å². The maximum Gasteiger partial charge on any atom is 0.305 e. The Bertz CT molecular complexity index is 698. The van der Waals surface area contributed by atoms with Crippen LogP contribution in [-0.2, 0) is 28.5 Å². The van der Waals surface area contributed by atoms with Crippen LogP contribution in [0, 0.1) is 0 Å². The maximum atomic E-state index is 11.7. The fourth-order valence-electron chi connectivity index (χ4n) is 4.25. The van der Waals surface area contributed by atoms with Gasteiger partial charge in [0.25, 0.3) is 0 Å². The lowest BCUT2D eigenvalue weighted by atomic mass is 9.88. The van der Waals surface area contributed by atoms with Gasteiger partial charge in [-0.2, -0.15) is 0 Å². The molecule has 0 saturated carbocycles. The molecule has 2 fully saturated rings. The van der Waals surface area contributed by atoms with Crippen molar-refractivity contribution in [3.05, 3.63) is 35.9 Å². The number of epoxide rings is 2. The standard InChI is InChI=1S/C28H42O6/c29-27(33-21-25-19-31-25)17-11-3-1-2-7-13-23(24-15-9-6-10-16-24)14-8-4-5-12-18-28(30)34-22-26-20-32-26/h6,9-10,15-16,23,25-26H,1-5,7-8,11-14,17-22H2. The van der Waals surface area contributed by atoms with E-state index >= 15 is 0 Å². The zero-order valence-electron chi connectivity index (χ0n) is 20.6. The molecule has 3 atom stereocenters. The predicted molar refractivity (Wildman–Crippen MR) is 131 cm³/mol. The van der Waals surface area contributed by atoms with Crippen molar-refractivity contribution in [3.63, 3.8) is 0 Å². The first-order valence-corrected chi connectivity index (χ1v) is 13.3.